The van der Waals surface area contributed by atoms with E-state index >= 15 is 0 Å². The number of rotatable bonds is 4. The van der Waals surface area contributed by atoms with Gasteiger partial charge in [0.1, 0.15) is 0 Å². The fourth-order valence-electron chi connectivity index (χ4n) is 0.619. The van der Waals surface area contributed by atoms with Crippen LogP contribution in [0, 0.1) is 0 Å². The molecule has 0 spiro atoms. The van der Waals surface area contributed by atoms with Crippen molar-refractivity contribution in [3.8, 4) is 0 Å². The molecule has 0 rings (SSSR count). The molecule has 1 unspecified atom stereocenters. The quantitative estimate of drug-likeness (QED) is 0.397. The van der Waals surface area contributed by atoms with Gasteiger partial charge in [-0.1, -0.05) is 0 Å². The van der Waals surface area contributed by atoms with Crippen LogP contribution in [0.2, 0.25) is 0 Å². The van der Waals surface area contributed by atoms with Crippen molar-refractivity contribution in [3.63, 3.8) is 0 Å². The number of nitrogens with zero attached hydrogens (tertiary/aromatic N) is 1. The molecule has 0 N–H and O–H groups in total. The molecule has 0 saturated heterocycles. The SMILES string of the molecule is [B]C(C(OC)OC)N(C)C. The fourth-order valence-corrected chi connectivity index (χ4v) is 0.619. The molecule has 58 valence electrons. The molecule has 0 aromatic rings. The van der Waals surface area contributed by atoms with Gasteiger partial charge in [0, 0.05) is 20.2 Å². The van der Waals surface area contributed by atoms with Crippen LogP contribution >= 0.6 is 0 Å². The van der Waals surface area contributed by atoms with Gasteiger partial charge in [-0.25, -0.2) is 0 Å². The highest BCUT2D eigenvalue weighted by Crippen LogP contribution is 1.99. The van der Waals surface area contributed by atoms with Crippen molar-refractivity contribution in [1.29, 1.82) is 0 Å². The van der Waals surface area contributed by atoms with Gasteiger partial charge in [0.2, 0.25) is 0 Å². The Labute approximate surface area is 63.7 Å². The molecule has 0 saturated carbocycles. The van der Waals surface area contributed by atoms with E-state index in [9.17, 15) is 0 Å². The molecule has 4 heteroatoms. The molecule has 0 bridgehead atoms. The third-order valence-corrected chi connectivity index (χ3v) is 1.34. The topological polar surface area (TPSA) is 21.7 Å². The molecule has 0 aromatic carbocycles. The van der Waals surface area contributed by atoms with Crippen LogP contribution in [0.1, 0.15) is 0 Å². The van der Waals surface area contributed by atoms with Gasteiger partial charge < -0.3 is 14.4 Å². The minimum absolute atomic E-state index is 0.213. The molecule has 0 aliphatic carbocycles. The Balaban J connectivity index is 3.76. The summed E-state index contributed by atoms with van der Waals surface area (Å²) >= 11 is 0. The lowest BCUT2D eigenvalue weighted by atomic mass is 9.95. The standard InChI is InChI=1S/C6H14BNO2/c1-8(2)5(7)6(9-3)10-4/h5-6H,1-4H3. The maximum atomic E-state index is 5.66. The molecule has 0 aliphatic heterocycles. The smallest absolute Gasteiger partial charge is 0.163 e. The summed E-state index contributed by atoms with van der Waals surface area (Å²) in [5.41, 5.74) is 0. The van der Waals surface area contributed by atoms with Gasteiger partial charge in [-0.3, -0.25) is 0 Å². The van der Waals surface area contributed by atoms with Crippen molar-refractivity contribution >= 4 is 7.85 Å². The van der Waals surface area contributed by atoms with E-state index in [1.807, 2.05) is 19.0 Å². The summed E-state index contributed by atoms with van der Waals surface area (Å²) in [6.45, 7) is 0. The largest absolute Gasteiger partial charge is 0.355 e. The number of ether oxygens (including phenoxy) is 2. The van der Waals surface area contributed by atoms with Crippen molar-refractivity contribution < 1.29 is 9.47 Å². The van der Waals surface area contributed by atoms with Crippen LogP contribution < -0.4 is 0 Å². The zero-order chi connectivity index (χ0) is 8.15. The zero-order valence-corrected chi connectivity index (χ0v) is 7.00. The van der Waals surface area contributed by atoms with Gasteiger partial charge in [-0.15, -0.1) is 0 Å². The van der Waals surface area contributed by atoms with Crippen molar-refractivity contribution in [2.75, 3.05) is 28.3 Å². The molecule has 0 heterocycles. The van der Waals surface area contributed by atoms with Gasteiger partial charge in [0.25, 0.3) is 0 Å². The lowest BCUT2D eigenvalue weighted by molar-refractivity contribution is -0.122. The van der Waals surface area contributed by atoms with E-state index in [-0.39, 0.29) is 12.2 Å². The number of methoxy groups -OCH3 is 2. The van der Waals surface area contributed by atoms with Crippen LogP contribution in [-0.4, -0.2) is 53.3 Å². The Morgan fingerprint density at radius 2 is 1.60 bits per heavy atom. The minimum Gasteiger partial charge on any atom is -0.355 e. The molecular formula is C6H14BNO2. The second kappa shape index (κ2) is 4.71. The molecule has 10 heavy (non-hydrogen) atoms. The Hall–Kier alpha value is -0.0551. The van der Waals surface area contributed by atoms with Gasteiger partial charge in [-0.05, 0) is 14.1 Å². The maximum absolute atomic E-state index is 5.66. The fraction of sp³-hybridized carbons (Fsp3) is 1.00. The summed E-state index contributed by atoms with van der Waals surface area (Å²) in [5, 5.41) is 0. The molecule has 3 nitrogen and oxygen atoms in total. The van der Waals surface area contributed by atoms with E-state index < -0.39 is 0 Å². The first kappa shape index (κ1) is 9.94. The normalized spacial score (nSPS) is 14.6. The predicted octanol–water partition coefficient (Wildman–Crippen LogP) is -0.339. The van der Waals surface area contributed by atoms with Gasteiger partial charge in [0.15, 0.2) is 6.29 Å². The Morgan fingerprint density at radius 3 is 1.70 bits per heavy atom. The van der Waals surface area contributed by atoms with E-state index in [4.69, 9.17) is 17.3 Å². The number of hydrogen-bond donors (Lipinski definition) is 0. The van der Waals surface area contributed by atoms with Crippen molar-refractivity contribution in [3.05, 3.63) is 0 Å². The molecule has 0 amide bonds. The van der Waals surface area contributed by atoms with Crippen LogP contribution in [-0.2, 0) is 9.47 Å². The molecule has 0 fully saturated rings. The number of likely N-dealkylation sites (N-methyl/N-ethyl adjacent to an activating group) is 1. The first-order chi connectivity index (χ1) is 4.63. The summed E-state index contributed by atoms with van der Waals surface area (Å²) in [6.07, 6.45) is -0.352. The highest BCUT2D eigenvalue weighted by atomic mass is 16.7. The van der Waals surface area contributed by atoms with Gasteiger partial charge >= 0.3 is 0 Å². The van der Waals surface area contributed by atoms with E-state index in [0.717, 1.165) is 0 Å². The minimum atomic E-state index is -0.352. The lowest BCUT2D eigenvalue weighted by Crippen LogP contribution is -2.41. The first-order valence-electron chi connectivity index (χ1n) is 3.11. The monoisotopic (exact) mass is 143 g/mol. The van der Waals surface area contributed by atoms with E-state index in [1.54, 1.807) is 14.2 Å². The Bertz CT molecular complexity index is 85.8. The summed E-state index contributed by atoms with van der Waals surface area (Å²) in [5.74, 6) is -0.213. The highest BCUT2D eigenvalue weighted by molar-refractivity contribution is 6.12. The lowest BCUT2D eigenvalue weighted by Gasteiger charge is -2.27. The Kier molecular flexibility index (Phi) is 4.69. The van der Waals surface area contributed by atoms with Crippen LogP contribution in [0.3, 0.4) is 0 Å². The van der Waals surface area contributed by atoms with Crippen molar-refractivity contribution in [2.24, 2.45) is 0 Å². The van der Waals surface area contributed by atoms with E-state index in [1.165, 1.54) is 0 Å². The van der Waals surface area contributed by atoms with Crippen LogP contribution in [0.5, 0.6) is 0 Å². The predicted molar refractivity (Wildman–Crippen MR) is 41.0 cm³/mol. The maximum Gasteiger partial charge on any atom is 0.163 e. The molecule has 0 aromatic heterocycles. The molecule has 0 aliphatic rings. The van der Waals surface area contributed by atoms with Crippen LogP contribution in [0.4, 0.5) is 0 Å². The Morgan fingerprint density at radius 1 is 1.20 bits per heavy atom. The van der Waals surface area contributed by atoms with Gasteiger partial charge in [0.05, 0.1) is 7.85 Å². The molecule has 1 atom stereocenters. The average Bonchev–Trinajstić information content (AvgIpc) is 1.90. The van der Waals surface area contributed by atoms with Crippen molar-refractivity contribution in [2.45, 2.75) is 12.2 Å². The molecular weight excluding hydrogens is 129 g/mol. The second-order valence-corrected chi connectivity index (χ2v) is 2.29. The molecule has 2 radical (unpaired) electrons. The summed E-state index contributed by atoms with van der Waals surface area (Å²) in [6, 6.07) is 0. The summed E-state index contributed by atoms with van der Waals surface area (Å²) < 4.78 is 9.87. The van der Waals surface area contributed by atoms with E-state index in [0.29, 0.717) is 0 Å². The third kappa shape index (κ3) is 2.69. The van der Waals surface area contributed by atoms with E-state index in [2.05, 4.69) is 0 Å². The second-order valence-electron chi connectivity index (χ2n) is 2.29. The third-order valence-electron chi connectivity index (χ3n) is 1.34. The average molecular weight is 143 g/mol. The zero-order valence-electron chi connectivity index (χ0n) is 7.00. The van der Waals surface area contributed by atoms with Gasteiger partial charge in [-0.2, -0.15) is 0 Å². The summed E-state index contributed by atoms with van der Waals surface area (Å²) in [4.78, 5) is 1.83. The number of hydrogen-bond acceptors (Lipinski definition) is 3. The first-order valence-corrected chi connectivity index (χ1v) is 3.11. The van der Waals surface area contributed by atoms with Crippen LogP contribution in [0.25, 0.3) is 0 Å². The highest BCUT2D eigenvalue weighted by Gasteiger charge is 2.16. The van der Waals surface area contributed by atoms with Crippen molar-refractivity contribution in [1.82, 2.24) is 4.90 Å². The summed E-state index contributed by atoms with van der Waals surface area (Å²) in [7, 11) is 12.5. The van der Waals surface area contributed by atoms with Crippen LogP contribution in [0.15, 0.2) is 0 Å².